The van der Waals surface area contributed by atoms with Crippen molar-refractivity contribution in [2.75, 3.05) is 0 Å². The van der Waals surface area contributed by atoms with Gasteiger partial charge in [0.1, 0.15) is 0 Å². The van der Waals surface area contributed by atoms with Crippen molar-refractivity contribution in [3.63, 3.8) is 0 Å². The van der Waals surface area contributed by atoms with Crippen molar-refractivity contribution in [3.05, 3.63) is 142 Å². The first-order chi connectivity index (χ1) is 24.9. The Morgan fingerprint density at radius 2 is 1.13 bits per heavy atom. The highest BCUT2D eigenvalue weighted by molar-refractivity contribution is 5.98. The van der Waals surface area contributed by atoms with Crippen molar-refractivity contribution in [1.29, 1.82) is 0 Å². The van der Waals surface area contributed by atoms with Crippen LogP contribution >= 0.6 is 0 Å². The molecule has 266 valence electrons. The molecule has 0 saturated heterocycles. The molecule has 0 N–H and O–H groups in total. The molecule has 2 heteroatoms. The predicted octanol–water partition coefficient (Wildman–Crippen LogP) is 11.9. The summed E-state index contributed by atoms with van der Waals surface area (Å²) in [4.78, 5) is 0. The summed E-state index contributed by atoms with van der Waals surface area (Å²) in [5.41, 5.74) is 20.7. The van der Waals surface area contributed by atoms with Gasteiger partial charge in [-0.3, -0.25) is 0 Å². The standard InChI is InChI=1S/C51H54N2/c1-48(2,3)34-17-20-37-32(24-34)26-46(53-30-36(50(7,8)9)18-21-43(37)53)45-27-33-25-42-41(29-40(33)44-28-35(49(4,5)6)22-23-52(44)45)39-19-16-31-14-12-13-15-38(31)47(39)51(42,10)11/h12-25,28-30H,26-27H2,1-11H3/q+2/b46-45+. The molecule has 1 aliphatic carbocycles. The average Bonchev–Trinajstić information content (AvgIpc) is 3.33. The van der Waals surface area contributed by atoms with Crippen LogP contribution in [0.25, 0.3) is 55.8 Å². The summed E-state index contributed by atoms with van der Waals surface area (Å²) in [6.45, 7) is 25.8. The lowest BCUT2D eigenvalue weighted by molar-refractivity contribution is -0.602. The smallest absolute Gasteiger partial charge is 0.158 e. The predicted molar refractivity (Wildman–Crippen MR) is 222 cm³/mol. The van der Waals surface area contributed by atoms with E-state index in [1.54, 1.807) is 0 Å². The van der Waals surface area contributed by atoms with Gasteiger partial charge in [0.15, 0.2) is 12.4 Å². The zero-order valence-corrected chi connectivity index (χ0v) is 33.6. The first kappa shape index (κ1) is 34.0. The third kappa shape index (κ3) is 5.19. The molecule has 4 aromatic carbocycles. The minimum Gasteiger partial charge on any atom is -0.158 e. The van der Waals surface area contributed by atoms with Crippen LogP contribution < -0.4 is 9.13 Å². The summed E-state index contributed by atoms with van der Waals surface area (Å²) in [7, 11) is 0. The maximum atomic E-state index is 2.58. The summed E-state index contributed by atoms with van der Waals surface area (Å²) in [6, 6.07) is 35.5. The molecule has 0 radical (unpaired) electrons. The Kier molecular flexibility index (Phi) is 7.12. The fourth-order valence-electron chi connectivity index (χ4n) is 9.34. The first-order valence-electron chi connectivity index (χ1n) is 19.6. The zero-order valence-electron chi connectivity index (χ0n) is 33.6. The second-order valence-corrected chi connectivity index (χ2v) is 19.6. The number of aromatic nitrogens is 2. The van der Waals surface area contributed by atoms with Crippen LogP contribution in [-0.4, -0.2) is 0 Å². The Morgan fingerprint density at radius 3 is 1.85 bits per heavy atom. The highest BCUT2D eigenvalue weighted by Gasteiger charge is 2.43. The van der Waals surface area contributed by atoms with Crippen molar-refractivity contribution < 1.29 is 9.13 Å². The Bertz CT molecular complexity index is 2570. The molecule has 0 unspecified atom stereocenters. The summed E-state index contributed by atoms with van der Waals surface area (Å²) < 4.78 is 5.09. The summed E-state index contributed by atoms with van der Waals surface area (Å²) in [5.74, 6) is 0. The highest BCUT2D eigenvalue weighted by Crippen LogP contribution is 2.53. The third-order valence-corrected chi connectivity index (χ3v) is 12.6. The topological polar surface area (TPSA) is 7.76 Å². The lowest BCUT2D eigenvalue weighted by Gasteiger charge is -2.27. The maximum Gasteiger partial charge on any atom is 0.259 e. The SMILES string of the molecule is CC(C)(C)c1ccc2c(c1)C/C(=C1/Cc3cc4c(cc3-c3cc(C(C)(C)C)cc[n+]31)-c1ccc3ccccc3c1C4(C)C)[n+]1cc(C(C)(C)C)ccc1-2. The number of allylic oxidation sites excluding steroid dienone is 2. The largest absolute Gasteiger partial charge is 0.259 e. The monoisotopic (exact) mass is 694 g/mol. The lowest BCUT2D eigenvalue weighted by Crippen LogP contribution is -2.48. The van der Waals surface area contributed by atoms with Gasteiger partial charge in [-0.15, -0.1) is 0 Å². The zero-order chi connectivity index (χ0) is 37.4. The van der Waals surface area contributed by atoms with Crippen molar-refractivity contribution in [1.82, 2.24) is 0 Å². The van der Waals surface area contributed by atoms with Crippen LogP contribution in [0.1, 0.15) is 115 Å². The molecular formula is C51H54N2+2. The number of pyridine rings is 2. The van der Waals surface area contributed by atoms with E-state index >= 15 is 0 Å². The molecule has 3 aliphatic rings. The number of hydrogen-bond donors (Lipinski definition) is 0. The van der Waals surface area contributed by atoms with Crippen LogP contribution in [-0.2, 0) is 34.5 Å². The number of rotatable bonds is 0. The number of hydrogen-bond acceptors (Lipinski definition) is 0. The van der Waals surface area contributed by atoms with E-state index in [9.17, 15) is 0 Å². The van der Waals surface area contributed by atoms with Gasteiger partial charge in [-0.25, -0.2) is 0 Å². The van der Waals surface area contributed by atoms with E-state index in [1.807, 2.05) is 0 Å². The normalized spacial score (nSPS) is 17.1. The molecule has 0 spiro atoms. The molecule has 4 heterocycles. The van der Waals surface area contributed by atoms with Gasteiger partial charge in [-0.2, -0.15) is 9.13 Å². The van der Waals surface area contributed by atoms with Gasteiger partial charge in [0, 0.05) is 29.2 Å². The van der Waals surface area contributed by atoms with Crippen LogP contribution in [0.3, 0.4) is 0 Å². The minimum absolute atomic E-state index is 0.0286. The average molecular weight is 695 g/mol. The van der Waals surface area contributed by atoms with E-state index in [1.165, 1.54) is 94.8 Å². The Labute approximate surface area is 316 Å². The highest BCUT2D eigenvalue weighted by atomic mass is 15.1. The van der Waals surface area contributed by atoms with Gasteiger partial charge in [0.25, 0.3) is 11.4 Å². The molecule has 0 bridgehead atoms. The van der Waals surface area contributed by atoms with Crippen molar-refractivity contribution in [2.45, 2.75) is 111 Å². The molecule has 53 heavy (non-hydrogen) atoms. The molecule has 2 nitrogen and oxygen atoms in total. The fourth-order valence-corrected chi connectivity index (χ4v) is 9.34. The Morgan fingerprint density at radius 1 is 0.509 bits per heavy atom. The molecule has 2 aliphatic heterocycles. The molecule has 0 atom stereocenters. The van der Waals surface area contributed by atoms with E-state index < -0.39 is 0 Å². The van der Waals surface area contributed by atoms with Gasteiger partial charge in [-0.05, 0) is 89.7 Å². The van der Waals surface area contributed by atoms with E-state index in [0.717, 1.165) is 12.8 Å². The molecule has 6 aromatic rings. The van der Waals surface area contributed by atoms with Crippen LogP contribution in [0.2, 0.25) is 0 Å². The van der Waals surface area contributed by atoms with Crippen LogP contribution in [0.4, 0.5) is 0 Å². The van der Waals surface area contributed by atoms with Gasteiger partial charge >= 0.3 is 0 Å². The van der Waals surface area contributed by atoms with Gasteiger partial charge in [-0.1, -0.05) is 131 Å². The van der Waals surface area contributed by atoms with E-state index in [-0.39, 0.29) is 21.7 Å². The second kappa shape index (κ2) is 11.1. The number of nitrogens with zero attached hydrogens (tertiary/aromatic N) is 2. The lowest BCUT2D eigenvalue weighted by atomic mass is 9.78. The molecule has 0 fully saturated rings. The fraction of sp³-hybridized carbons (Fsp3) is 0.333. The Hall–Kier alpha value is -4.82. The van der Waals surface area contributed by atoms with Crippen molar-refractivity contribution >= 4 is 22.2 Å². The van der Waals surface area contributed by atoms with Crippen molar-refractivity contribution in [3.8, 4) is 33.6 Å². The maximum absolute atomic E-state index is 2.58. The summed E-state index contributed by atoms with van der Waals surface area (Å²) in [6.07, 6.45) is 6.56. The van der Waals surface area contributed by atoms with E-state index in [0.29, 0.717) is 0 Å². The van der Waals surface area contributed by atoms with Crippen molar-refractivity contribution in [2.24, 2.45) is 0 Å². The van der Waals surface area contributed by atoms with Gasteiger partial charge in [0.05, 0.1) is 24.0 Å². The van der Waals surface area contributed by atoms with Crippen LogP contribution in [0, 0.1) is 0 Å². The number of benzene rings is 4. The van der Waals surface area contributed by atoms with E-state index in [2.05, 4.69) is 189 Å². The molecular weight excluding hydrogens is 641 g/mol. The van der Waals surface area contributed by atoms with Crippen LogP contribution in [0.15, 0.2) is 103 Å². The van der Waals surface area contributed by atoms with Crippen LogP contribution in [0.5, 0.6) is 0 Å². The molecule has 0 amide bonds. The Balaban J connectivity index is 1.33. The second-order valence-electron chi connectivity index (χ2n) is 19.6. The quantitative estimate of drug-likeness (QED) is 0.140. The summed E-state index contributed by atoms with van der Waals surface area (Å²) >= 11 is 0. The molecule has 2 aromatic heterocycles. The molecule has 0 saturated carbocycles. The third-order valence-electron chi connectivity index (χ3n) is 12.6. The molecule has 9 rings (SSSR count). The number of fused-ring (bicyclic) bond motifs is 11. The van der Waals surface area contributed by atoms with Gasteiger partial charge < -0.3 is 0 Å². The summed E-state index contributed by atoms with van der Waals surface area (Å²) in [5, 5.41) is 2.69. The minimum atomic E-state index is -0.107. The van der Waals surface area contributed by atoms with E-state index in [4.69, 9.17) is 0 Å². The van der Waals surface area contributed by atoms with Gasteiger partial charge in [0.2, 0.25) is 11.4 Å². The first-order valence-corrected chi connectivity index (χ1v) is 19.6.